The van der Waals surface area contributed by atoms with Crippen LogP contribution in [0.2, 0.25) is 0 Å². The average Bonchev–Trinajstić information content (AvgIpc) is 2.46. The van der Waals surface area contributed by atoms with Crippen LogP contribution in [0.25, 0.3) is 0 Å². The Labute approximate surface area is 84.2 Å². The predicted octanol–water partition coefficient (Wildman–Crippen LogP) is 2.47. The van der Waals surface area contributed by atoms with E-state index >= 15 is 0 Å². The summed E-state index contributed by atoms with van der Waals surface area (Å²) in [5.41, 5.74) is 6.81. The first-order valence-corrected chi connectivity index (χ1v) is 5.67. The van der Waals surface area contributed by atoms with Gasteiger partial charge in [-0.3, -0.25) is 0 Å². The lowest BCUT2D eigenvalue weighted by molar-refractivity contribution is 0.780. The lowest BCUT2D eigenvalue weighted by atomic mass is 10.1. The number of nitrogens with two attached hydrogens (primary N) is 1. The summed E-state index contributed by atoms with van der Waals surface area (Å²) in [6.45, 7) is 7.14. The van der Waals surface area contributed by atoms with Crippen molar-refractivity contribution in [3.05, 3.63) is 15.6 Å². The minimum atomic E-state index is 0.461. The summed E-state index contributed by atoms with van der Waals surface area (Å²) in [6, 6.07) is 0. The van der Waals surface area contributed by atoms with Gasteiger partial charge in [-0.25, -0.2) is 4.98 Å². The second-order valence-corrected chi connectivity index (χ2v) is 4.56. The Hall–Kier alpha value is -0.410. The van der Waals surface area contributed by atoms with Gasteiger partial charge in [-0.1, -0.05) is 13.8 Å². The normalized spacial score (nSPS) is 13.2. The Morgan fingerprint density at radius 1 is 1.54 bits per heavy atom. The zero-order valence-electron chi connectivity index (χ0n) is 8.63. The Bertz CT molecular complexity index is 268. The van der Waals surface area contributed by atoms with Crippen molar-refractivity contribution in [2.24, 2.45) is 5.73 Å². The number of hydrogen-bond acceptors (Lipinski definition) is 3. The van der Waals surface area contributed by atoms with Gasteiger partial charge in [0.05, 0.1) is 10.7 Å². The van der Waals surface area contributed by atoms with Crippen LogP contribution in [0.1, 0.15) is 41.8 Å². The van der Waals surface area contributed by atoms with E-state index in [0.29, 0.717) is 12.5 Å². The summed E-state index contributed by atoms with van der Waals surface area (Å²) in [4.78, 5) is 5.90. The molecule has 0 aliphatic carbocycles. The molecule has 1 atom stereocenters. The number of aryl methyl sites for hydroxylation is 2. The Kier molecular flexibility index (Phi) is 3.88. The fourth-order valence-electron chi connectivity index (χ4n) is 1.35. The van der Waals surface area contributed by atoms with Crippen molar-refractivity contribution in [3.8, 4) is 0 Å². The molecule has 0 fully saturated rings. The molecule has 74 valence electrons. The van der Waals surface area contributed by atoms with Crippen LogP contribution in [0.3, 0.4) is 0 Å². The molecule has 2 nitrogen and oxygen atoms in total. The Morgan fingerprint density at radius 2 is 2.23 bits per heavy atom. The van der Waals surface area contributed by atoms with E-state index < -0.39 is 0 Å². The van der Waals surface area contributed by atoms with Crippen molar-refractivity contribution < 1.29 is 0 Å². The van der Waals surface area contributed by atoms with Crippen LogP contribution in [0.4, 0.5) is 0 Å². The van der Waals surface area contributed by atoms with Crippen molar-refractivity contribution in [2.75, 3.05) is 6.54 Å². The van der Waals surface area contributed by atoms with E-state index in [1.54, 1.807) is 0 Å². The third-order valence-electron chi connectivity index (χ3n) is 2.14. The second kappa shape index (κ2) is 4.72. The highest BCUT2D eigenvalue weighted by Crippen LogP contribution is 2.26. The minimum absolute atomic E-state index is 0.461. The molecule has 1 heterocycles. The molecule has 1 rings (SSSR count). The highest BCUT2D eigenvalue weighted by Gasteiger charge is 2.12. The third kappa shape index (κ3) is 2.51. The van der Waals surface area contributed by atoms with Crippen molar-refractivity contribution in [3.63, 3.8) is 0 Å². The molecule has 2 N–H and O–H groups in total. The standard InChI is InChI=1S/C10H18N2S/c1-4-5-9-12-8(3)10(13-9)7(2)6-11/h7H,4-6,11H2,1-3H3. The molecule has 1 aromatic heterocycles. The molecule has 0 bridgehead atoms. The van der Waals surface area contributed by atoms with Crippen LogP contribution in [-0.2, 0) is 6.42 Å². The van der Waals surface area contributed by atoms with Crippen molar-refractivity contribution >= 4 is 11.3 Å². The monoisotopic (exact) mass is 198 g/mol. The van der Waals surface area contributed by atoms with Crippen molar-refractivity contribution in [1.29, 1.82) is 0 Å². The molecular weight excluding hydrogens is 180 g/mol. The molecule has 3 heteroatoms. The summed E-state index contributed by atoms with van der Waals surface area (Å²) in [7, 11) is 0. The molecule has 1 unspecified atom stereocenters. The van der Waals surface area contributed by atoms with Crippen LogP contribution in [0.15, 0.2) is 0 Å². The second-order valence-electron chi connectivity index (χ2n) is 3.44. The molecule has 0 radical (unpaired) electrons. The first kappa shape index (κ1) is 10.7. The number of hydrogen-bond donors (Lipinski definition) is 1. The van der Waals surface area contributed by atoms with Gasteiger partial charge in [-0.15, -0.1) is 11.3 Å². The molecule has 0 aliphatic heterocycles. The van der Waals surface area contributed by atoms with Gasteiger partial charge < -0.3 is 5.73 Å². The van der Waals surface area contributed by atoms with Crippen LogP contribution in [0.5, 0.6) is 0 Å². The molecule has 0 spiro atoms. The fraction of sp³-hybridized carbons (Fsp3) is 0.700. The smallest absolute Gasteiger partial charge is 0.0930 e. The minimum Gasteiger partial charge on any atom is -0.330 e. The number of aromatic nitrogens is 1. The van der Waals surface area contributed by atoms with Gasteiger partial charge in [0.15, 0.2) is 0 Å². The average molecular weight is 198 g/mol. The largest absolute Gasteiger partial charge is 0.330 e. The quantitative estimate of drug-likeness (QED) is 0.807. The van der Waals surface area contributed by atoms with Gasteiger partial charge in [0.2, 0.25) is 0 Å². The van der Waals surface area contributed by atoms with E-state index in [1.165, 1.54) is 22.0 Å². The van der Waals surface area contributed by atoms with E-state index in [0.717, 1.165) is 6.42 Å². The molecule has 0 amide bonds. The zero-order chi connectivity index (χ0) is 9.84. The van der Waals surface area contributed by atoms with E-state index in [9.17, 15) is 0 Å². The summed E-state index contributed by atoms with van der Waals surface area (Å²) in [5.74, 6) is 0.461. The SMILES string of the molecule is CCCc1nc(C)c(C(C)CN)s1. The summed E-state index contributed by atoms with van der Waals surface area (Å²) in [6.07, 6.45) is 2.27. The van der Waals surface area contributed by atoms with Crippen LogP contribution >= 0.6 is 11.3 Å². The van der Waals surface area contributed by atoms with E-state index in [-0.39, 0.29) is 0 Å². The zero-order valence-corrected chi connectivity index (χ0v) is 9.45. The van der Waals surface area contributed by atoms with Crippen LogP contribution < -0.4 is 5.73 Å². The van der Waals surface area contributed by atoms with Crippen molar-refractivity contribution in [2.45, 2.75) is 39.5 Å². The number of thiazole rings is 1. The molecule has 0 aromatic carbocycles. The number of rotatable bonds is 4. The van der Waals surface area contributed by atoms with Gasteiger partial charge in [0, 0.05) is 10.8 Å². The molecule has 0 saturated heterocycles. The molecule has 0 aliphatic rings. The Balaban J connectivity index is 2.82. The molecule has 1 aromatic rings. The third-order valence-corrected chi connectivity index (χ3v) is 3.59. The maximum absolute atomic E-state index is 5.64. The highest BCUT2D eigenvalue weighted by atomic mass is 32.1. The predicted molar refractivity (Wildman–Crippen MR) is 58.3 cm³/mol. The summed E-state index contributed by atoms with van der Waals surface area (Å²) >= 11 is 1.83. The van der Waals surface area contributed by atoms with Gasteiger partial charge in [0.25, 0.3) is 0 Å². The van der Waals surface area contributed by atoms with E-state index in [4.69, 9.17) is 5.73 Å². The van der Waals surface area contributed by atoms with Crippen LogP contribution in [-0.4, -0.2) is 11.5 Å². The first-order valence-electron chi connectivity index (χ1n) is 4.85. The summed E-state index contributed by atoms with van der Waals surface area (Å²) < 4.78 is 0. The molecule has 0 saturated carbocycles. The van der Waals surface area contributed by atoms with Gasteiger partial charge >= 0.3 is 0 Å². The summed E-state index contributed by atoms with van der Waals surface area (Å²) in [5, 5.41) is 1.26. The number of nitrogens with zero attached hydrogens (tertiary/aromatic N) is 1. The van der Waals surface area contributed by atoms with Crippen LogP contribution in [0, 0.1) is 6.92 Å². The van der Waals surface area contributed by atoms with Gasteiger partial charge in [0.1, 0.15) is 0 Å². The molecular formula is C10H18N2S. The highest BCUT2D eigenvalue weighted by molar-refractivity contribution is 7.11. The van der Waals surface area contributed by atoms with E-state index in [2.05, 4.69) is 25.8 Å². The fourth-order valence-corrected chi connectivity index (χ4v) is 2.58. The molecule has 13 heavy (non-hydrogen) atoms. The van der Waals surface area contributed by atoms with Gasteiger partial charge in [-0.2, -0.15) is 0 Å². The lowest BCUT2D eigenvalue weighted by Crippen LogP contribution is -2.08. The maximum atomic E-state index is 5.64. The van der Waals surface area contributed by atoms with Crippen molar-refractivity contribution in [1.82, 2.24) is 4.98 Å². The van der Waals surface area contributed by atoms with Gasteiger partial charge in [-0.05, 0) is 26.3 Å². The van der Waals surface area contributed by atoms with E-state index in [1.807, 2.05) is 11.3 Å². The topological polar surface area (TPSA) is 38.9 Å². The first-order chi connectivity index (χ1) is 6.19. The lowest BCUT2D eigenvalue weighted by Gasteiger charge is -2.04. The maximum Gasteiger partial charge on any atom is 0.0930 e. The Morgan fingerprint density at radius 3 is 2.77 bits per heavy atom.